The second-order valence-electron chi connectivity index (χ2n) is 4.94. The molecular formula is C13H16BrF3N2. The van der Waals surface area contributed by atoms with Gasteiger partial charge >= 0.3 is 6.18 Å². The molecule has 0 spiro atoms. The third kappa shape index (κ3) is 3.86. The highest BCUT2D eigenvalue weighted by molar-refractivity contribution is 9.10. The Hall–Kier alpha value is -0.750. The number of benzene rings is 1. The number of anilines is 1. The van der Waals surface area contributed by atoms with E-state index in [0.29, 0.717) is 25.3 Å². The van der Waals surface area contributed by atoms with Gasteiger partial charge in [-0.25, -0.2) is 0 Å². The average molecular weight is 337 g/mol. The molecule has 1 aliphatic heterocycles. The number of halogens is 4. The fourth-order valence-electron chi connectivity index (χ4n) is 2.38. The summed E-state index contributed by atoms with van der Waals surface area (Å²) in [7, 11) is 0. The zero-order chi connectivity index (χ0) is 14.0. The molecule has 0 aliphatic carbocycles. The van der Waals surface area contributed by atoms with E-state index in [-0.39, 0.29) is 12.8 Å². The van der Waals surface area contributed by atoms with Gasteiger partial charge in [0, 0.05) is 16.7 Å². The number of hydrogen-bond acceptors (Lipinski definition) is 2. The van der Waals surface area contributed by atoms with Crippen LogP contribution in [0.2, 0.25) is 0 Å². The number of alkyl halides is 3. The van der Waals surface area contributed by atoms with Crippen molar-refractivity contribution < 1.29 is 13.2 Å². The molecule has 0 atom stereocenters. The predicted molar refractivity (Wildman–Crippen MR) is 72.6 cm³/mol. The lowest BCUT2D eigenvalue weighted by molar-refractivity contribution is -0.185. The normalized spacial score (nSPS) is 18.7. The van der Waals surface area contributed by atoms with Crippen molar-refractivity contribution in [3.8, 4) is 0 Å². The van der Waals surface area contributed by atoms with Crippen molar-refractivity contribution in [1.82, 2.24) is 4.90 Å². The van der Waals surface area contributed by atoms with Crippen LogP contribution >= 0.6 is 15.9 Å². The fourth-order valence-corrected chi connectivity index (χ4v) is 2.75. The van der Waals surface area contributed by atoms with Gasteiger partial charge in [-0.2, -0.15) is 13.2 Å². The van der Waals surface area contributed by atoms with Crippen LogP contribution in [0.5, 0.6) is 0 Å². The van der Waals surface area contributed by atoms with E-state index in [1.165, 1.54) is 0 Å². The van der Waals surface area contributed by atoms with Crippen molar-refractivity contribution in [2.45, 2.75) is 25.6 Å². The minimum absolute atomic E-state index is 0.184. The Morgan fingerprint density at radius 1 is 1.26 bits per heavy atom. The van der Waals surface area contributed by atoms with E-state index in [2.05, 4.69) is 15.9 Å². The molecule has 1 heterocycles. The predicted octanol–water partition coefficient (Wildman–Crippen LogP) is 3.81. The highest BCUT2D eigenvalue weighted by Crippen LogP contribution is 2.34. The van der Waals surface area contributed by atoms with E-state index in [1.807, 2.05) is 17.0 Å². The van der Waals surface area contributed by atoms with Crippen molar-refractivity contribution in [2.75, 3.05) is 18.8 Å². The molecule has 0 aromatic heterocycles. The summed E-state index contributed by atoms with van der Waals surface area (Å²) >= 11 is 3.44. The van der Waals surface area contributed by atoms with Gasteiger partial charge in [0.1, 0.15) is 0 Å². The van der Waals surface area contributed by atoms with Gasteiger partial charge in [-0.15, -0.1) is 0 Å². The van der Waals surface area contributed by atoms with Crippen LogP contribution in [0.3, 0.4) is 0 Å². The Morgan fingerprint density at radius 3 is 2.47 bits per heavy atom. The van der Waals surface area contributed by atoms with Crippen molar-refractivity contribution >= 4 is 21.6 Å². The molecule has 0 unspecified atom stereocenters. The summed E-state index contributed by atoms with van der Waals surface area (Å²) in [5.74, 6) is -1.15. The van der Waals surface area contributed by atoms with Gasteiger partial charge in [-0.1, -0.05) is 15.9 Å². The van der Waals surface area contributed by atoms with E-state index in [4.69, 9.17) is 5.73 Å². The molecule has 2 nitrogen and oxygen atoms in total. The first kappa shape index (κ1) is 14.7. The molecule has 1 fully saturated rings. The van der Waals surface area contributed by atoms with Crippen molar-refractivity contribution in [3.05, 3.63) is 28.2 Å². The van der Waals surface area contributed by atoms with Crippen LogP contribution in [0.15, 0.2) is 22.7 Å². The molecule has 106 valence electrons. The minimum atomic E-state index is -4.05. The Labute approximate surface area is 118 Å². The molecule has 2 N–H and O–H groups in total. The van der Waals surface area contributed by atoms with Gasteiger partial charge in [0.25, 0.3) is 0 Å². The first-order valence-corrected chi connectivity index (χ1v) is 6.98. The van der Waals surface area contributed by atoms with E-state index >= 15 is 0 Å². The Bertz CT molecular complexity index is 440. The first-order chi connectivity index (χ1) is 8.86. The van der Waals surface area contributed by atoms with Gasteiger partial charge in [-0.05, 0) is 49.7 Å². The maximum absolute atomic E-state index is 12.6. The zero-order valence-electron chi connectivity index (χ0n) is 10.4. The molecule has 0 radical (unpaired) electrons. The van der Waals surface area contributed by atoms with Gasteiger partial charge in [0.2, 0.25) is 0 Å². The maximum Gasteiger partial charge on any atom is 0.391 e. The SMILES string of the molecule is Nc1ccc(Br)c(CN2CCC(C(F)(F)F)CC2)c1. The van der Waals surface area contributed by atoms with Crippen LogP contribution in [0, 0.1) is 5.92 Å². The molecule has 2 rings (SSSR count). The number of nitrogen functional groups attached to an aromatic ring is 1. The first-order valence-electron chi connectivity index (χ1n) is 6.19. The van der Waals surface area contributed by atoms with Crippen LogP contribution in [0.25, 0.3) is 0 Å². The lowest BCUT2D eigenvalue weighted by Crippen LogP contribution is -2.38. The molecule has 6 heteroatoms. The van der Waals surface area contributed by atoms with Gasteiger partial charge < -0.3 is 5.73 Å². The van der Waals surface area contributed by atoms with Gasteiger partial charge in [-0.3, -0.25) is 4.90 Å². The average Bonchev–Trinajstić information content (AvgIpc) is 2.33. The Balaban J connectivity index is 1.94. The van der Waals surface area contributed by atoms with Crippen molar-refractivity contribution in [1.29, 1.82) is 0 Å². The molecular weight excluding hydrogens is 321 g/mol. The summed E-state index contributed by atoms with van der Waals surface area (Å²) in [6.45, 7) is 1.59. The monoisotopic (exact) mass is 336 g/mol. The summed E-state index contributed by atoms with van der Waals surface area (Å²) in [4.78, 5) is 2.04. The Kier molecular flexibility index (Phi) is 4.40. The number of nitrogens with zero attached hydrogens (tertiary/aromatic N) is 1. The highest BCUT2D eigenvalue weighted by atomic mass is 79.9. The van der Waals surface area contributed by atoms with Crippen molar-refractivity contribution in [3.63, 3.8) is 0 Å². The molecule has 1 aliphatic rings. The summed E-state index contributed by atoms with van der Waals surface area (Å²) in [5, 5.41) is 0. The van der Waals surface area contributed by atoms with E-state index in [0.717, 1.165) is 10.0 Å². The van der Waals surface area contributed by atoms with Gasteiger partial charge in [0.15, 0.2) is 0 Å². The lowest BCUT2D eigenvalue weighted by Gasteiger charge is -2.33. The highest BCUT2D eigenvalue weighted by Gasteiger charge is 2.40. The number of likely N-dealkylation sites (tertiary alicyclic amines) is 1. The molecule has 1 aromatic rings. The number of rotatable bonds is 2. The Morgan fingerprint density at radius 2 is 1.89 bits per heavy atom. The molecule has 1 aromatic carbocycles. The number of nitrogens with two attached hydrogens (primary N) is 1. The third-order valence-corrected chi connectivity index (χ3v) is 4.29. The largest absolute Gasteiger partial charge is 0.399 e. The topological polar surface area (TPSA) is 29.3 Å². The lowest BCUT2D eigenvalue weighted by atomic mass is 9.96. The molecule has 0 amide bonds. The van der Waals surface area contributed by atoms with E-state index < -0.39 is 12.1 Å². The molecule has 19 heavy (non-hydrogen) atoms. The summed E-state index contributed by atoms with van der Waals surface area (Å²) in [6, 6.07) is 5.52. The summed E-state index contributed by atoms with van der Waals surface area (Å²) in [6.07, 6.45) is -3.68. The third-order valence-electron chi connectivity index (χ3n) is 3.51. The van der Waals surface area contributed by atoms with Crippen LogP contribution in [0.1, 0.15) is 18.4 Å². The summed E-state index contributed by atoms with van der Waals surface area (Å²) in [5.41, 5.74) is 7.41. The fraction of sp³-hybridized carbons (Fsp3) is 0.538. The second kappa shape index (κ2) is 5.71. The molecule has 0 saturated carbocycles. The number of hydrogen-bond donors (Lipinski definition) is 1. The van der Waals surface area contributed by atoms with Crippen LogP contribution < -0.4 is 5.73 Å². The molecule has 1 saturated heterocycles. The zero-order valence-corrected chi connectivity index (χ0v) is 12.0. The van der Waals surface area contributed by atoms with E-state index in [1.54, 1.807) is 6.07 Å². The van der Waals surface area contributed by atoms with Gasteiger partial charge in [0.05, 0.1) is 5.92 Å². The minimum Gasteiger partial charge on any atom is -0.399 e. The van der Waals surface area contributed by atoms with Crippen molar-refractivity contribution in [2.24, 2.45) is 5.92 Å². The van der Waals surface area contributed by atoms with Crippen LogP contribution in [0.4, 0.5) is 18.9 Å². The summed E-state index contributed by atoms with van der Waals surface area (Å²) < 4.78 is 38.7. The number of piperidine rings is 1. The standard InChI is InChI=1S/C13H16BrF3N2/c14-12-2-1-11(18)7-9(12)8-19-5-3-10(4-6-19)13(15,16)17/h1-2,7,10H,3-6,8,18H2. The van der Waals surface area contributed by atoms with Crippen LogP contribution in [-0.2, 0) is 6.54 Å². The molecule has 0 bridgehead atoms. The maximum atomic E-state index is 12.6. The smallest absolute Gasteiger partial charge is 0.391 e. The second-order valence-corrected chi connectivity index (χ2v) is 5.80. The van der Waals surface area contributed by atoms with E-state index in [9.17, 15) is 13.2 Å². The quantitative estimate of drug-likeness (QED) is 0.832. The van der Waals surface area contributed by atoms with Crippen LogP contribution in [-0.4, -0.2) is 24.2 Å².